The maximum absolute atomic E-state index is 11.9. The molecule has 1 aliphatic heterocycles. The molecule has 3 rings (SSSR count). The van der Waals surface area contributed by atoms with E-state index >= 15 is 0 Å². The van der Waals surface area contributed by atoms with Gasteiger partial charge in [-0.3, -0.25) is 10.1 Å². The Morgan fingerprint density at radius 2 is 1.95 bits per heavy atom. The van der Waals surface area contributed by atoms with Crippen LogP contribution in [0.1, 0.15) is 49.1 Å². The third-order valence-corrected chi connectivity index (χ3v) is 5.74. The molecule has 0 bridgehead atoms. The van der Waals surface area contributed by atoms with E-state index in [-0.39, 0.29) is 11.9 Å². The van der Waals surface area contributed by atoms with Crippen LogP contribution < -0.4 is 10.6 Å². The molecule has 1 heterocycles. The van der Waals surface area contributed by atoms with Crippen LogP contribution in [0.3, 0.4) is 0 Å². The van der Waals surface area contributed by atoms with E-state index in [1.165, 1.54) is 43.2 Å². The summed E-state index contributed by atoms with van der Waals surface area (Å²) in [4.78, 5) is 11.9. The smallest absolute Gasteiger partial charge is 0.238 e. The van der Waals surface area contributed by atoms with Gasteiger partial charge in [0.15, 0.2) is 0 Å². The van der Waals surface area contributed by atoms with Crippen LogP contribution in [-0.4, -0.2) is 30.1 Å². The summed E-state index contributed by atoms with van der Waals surface area (Å²) in [6.07, 6.45) is 7.78. The first kappa shape index (κ1) is 15.9. The fourth-order valence-corrected chi connectivity index (χ4v) is 4.35. The zero-order chi connectivity index (χ0) is 15.2. The Balaban J connectivity index is 1.43. The van der Waals surface area contributed by atoms with Crippen molar-refractivity contribution in [2.24, 2.45) is 0 Å². The van der Waals surface area contributed by atoms with Crippen LogP contribution >= 0.6 is 11.8 Å². The van der Waals surface area contributed by atoms with Crippen molar-refractivity contribution < 1.29 is 4.79 Å². The van der Waals surface area contributed by atoms with Crippen molar-refractivity contribution in [3.05, 3.63) is 35.4 Å². The van der Waals surface area contributed by atoms with Crippen molar-refractivity contribution in [1.29, 1.82) is 0 Å². The number of benzene rings is 1. The fraction of sp³-hybridized carbons (Fsp3) is 0.611. The zero-order valence-electron chi connectivity index (χ0n) is 13.1. The molecule has 4 heteroatoms. The van der Waals surface area contributed by atoms with Crippen LogP contribution in [0.2, 0.25) is 0 Å². The Hall–Kier alpha value is -1.00. The van der Waals surface area contributed by atoms with Gasteiger partial charge in [0.25, 0.3) is 0 Å². The van der Waals surface area contributed by atoms with Gasteiger partial charge in [0.05, 0.1) is 6.04 Å². The Morgan fingerprint density at radius 3 is 2.64 bits per heavy atom. The third kappa shape index (κ3) is 4.26. The maximum atomic E-state index is 11.9. The van der Waals surface area contributed by atoms with Crippen molar-refractivity contribution >= 4 is 17.7 Å². The number of amides is 1. The van der Waals surface area contributed by atoms with Crippen LogP contribution in [-0.2, 0) is 11.2 Å². The van der Waals surface area contributed by atoms with Crippen LogP contribution in [0.5, 0.6) is 0 Å². The van der Waals surface area contributed by atoms with Gasteiger partial charge in [-0.25, -0.2) is 0 Å². The van der Waals surface area contributed by atoms with Crippen molar-refractivity contribution in [3.8, 4) is 0 Å². The highest BCUT2D eigenvalue weighted by Crippen LogP contribution is 2.32. The molecule has 0 spiro atoms. The molecule has 120 valence electrons. The molecule has 2 N–H and O–H groups in total. The lowest BCUT2D eigenvalue weighted by molar-refractivity contribution is -0.122. The van der Waals surface area contributed by atoms with Gasteiger partial charge in [0, 0.05) is 18.2 Å². The summed E-state index contributed by atoms with van der Waals surface area (Å²) in [6, 6.07) is 9.06. The summed E-state index contributed by atoms with van der Waals surface area (Å²) in [5.74, 6) is 2.69. The van der Waals surface area contributed by atoms with Gasteiger partial charge in [0.2, 0.25) is 5.91 Å². The monoisotopic (exact) mass is 318 g/mol. The lowest BCUT2D eigenvalue weighted by Gasteiger charge is -2.22. The molecule has 1 amide bonds. The number of nitrogens with one attached hydrogen (secondary N) is 2. The molecule has 22 heavy (non-hydrogen) atoms. The molecule has 1 aromatic carbocycles. The molecule has 1 atom stereocenters. The van der Waals surface area contributed by atoms with Crippen LogP contribution in [0, 0.1) is 0 Å². The highest BCUT2D eigenvalue weighted by Gasteiger charge is 2.21. The quantitative estimate of drug-likeness (QED) is 0.877. The third-order valence-electron chi connectivity index (χ3n) is 4.80. The normalized spacial score (nSPS) is 22.6. The SMILES string of the molecule is O=C(NCCc1ccc(C2CCCCC2)cc1)C1CSCN1. The molecule has 1 aromatic rings. The van der Waals surface area contributed by atoms with Gasteiger partial charge in [-0.1, -0.05) is 43.5 Å². The molecule has 0 radical (unpaired) electrons. The van der Waals surface area contributed by atoms with Crippen LogP contribution in [0.15, 0.2) is 24.3 Å². The number of hydrogen-bond acceptors (Lipinski definition) is 3. The van der Waals surface area contributed by atoms with Gasteiger partial charge in [-0.2, -0.15) is 0 Å². The van der Waals surface area contributed by atoms with Crippen molar-refractivity contribution in [2.75, 3.05) is 18.2 Å². The summed E-state index contributed by atoms with van der Waals surface area (Å²) in [7, 11) is 0. The van der Waals surface area contributed by atoms with Gasteiger partial charge in [-0.05, 0) is 36.3 Å². The molecule has 2 aliphatic rings. The number of rotatable bonds is 5. The minimum absolute atomic E-state index is 0.00122. The van der Waals surface area contributed by atoms with Gasteiger partial charge >= 0.3 is 0 Å². The van der Waals surface area contributed by atoms with E-state index in [9.17, 15) is 4.79 Å². The van der Waals surface area contributed by atoms with E-state index in [4.69, 9.17) is 0 Å². The predicted octanol–water partition coefficient (Wildman–Crippen LogP) is 3.06. The second kappa shape index (κ2) is 8.02. The van der Waals surface area contributed by atoms with E-state index in [1.54, 1.807) is 11.8 Å². The summed E-state index contributed by atoms with van der Waals surface area (Å²) >= 11 is 1.78. The highest BCUT2D eigenvalue weighted by atomic mass is 32.2. The number of hydrogen-bond donors (Lipinski definition) is 2. The zero-order valence-corrected chi connectivity index (χ0v) is 14.0. The number of carbonyl (C=O) groups excluding carboxylic acids is 1. The standard InChI is InChI=1S/C18H26N2OS/c21-18(17-12-22-13-20-17)19-11-10-14-6-8-16(9-7-14)15-4-2-1-3-5-15/h6-9,15,17,20H,1-5,10-13H2,(H,19,21). The van der Waals surface area contributed by atoms with E-state index < -0.39 is 0 Å². The van der Waals surface area contributed by atoms with E-state index in [2.05, 4.69) is 34.9 Å². The topological polar surface area (TPSA) is 41.1 Å². The first-order valence-electron chi connectivity index (χ1n) is 8.50. The van der Waals surface area contributed by atoms with E-state index in [1.807, 2.05) is 0 Å². The minimum Gasteiger partial charge on any atom is -0.354 e. The highest BCUT2D eigenvalue weighted by molar-refractivity contribution is 7.99. The average molecular weight is 318 g/mol. The molecular weight excluding hydrogens is 292 g/mol. The summed E-state index contributed by atoms with van der Waals surface area (Å²) in [5.41, 5.74) is 2.81. The predicted molar refractivity (Wildman–Crippen MR) is 93.2 cm³/mol. The Labute approximate surface area is 137 Å². The van der Waals surface area contributed by atoms with Crippen molar-refractivity contribution in [3.63, 3.8) is 0 Å². The minimum atomic E-state index is -0.00122. The molecule has 1 saturated heterocycles. The second-order valence-corrected chi connectivity index (χ2v) is 7.42. The van der Waals surface area contributed by atoms with Gasteiger partial charge < -0.3 is 5.32 Å². The van der Waals surface area contributed by atoms with Crippen molar-refractivity contribution in [1.82, 2.24) is 10.6 Å². The van der Waals surface area contributed by atoms with Crippen LogP contribution in [0.25, 0.3) is 0 Å². The second-order valence-electron chi connectivity index (χ2n) is 6.39. The summed E-state index contributed by atoms with van der Waals surface area (Å²) in [6.45, 7) is 0.727. The number of thioether (sulfide) groups is 1. The fourth-order valence-electron chi connectivity index (χ4n) is 3.41. The first-order chi connectivity index (χ1) is 10.8. The molecule has 3 nitrogen and oxygen atoms in total. The van der Waals surface area contributed by atoms with Gasteiger partial charge in [-0.15, -0.1) is 11.8 Å². The van der Waals surface area contributed by atoms with E-state index in [0.717, 1.165) is 30.5 Å². The Kier molecular flexibility index (Phi) is 5.79. The molecule has 1 aliphatic carbocycles. The Bertz CT molecular complexity index is 476. The molecule has 1 saturated carbocycles. The molecule has 2 fully saturated rings. The van der Waals surface area contributed by atoms with Crippen LogP contribution in [0.4, 0.5) is 0 Å². The molecule has 1 unspecified atom stereocenters. The summed E-state index contributed by atoms with van der Waals surface area (Å²) < 4.78 is 0. The average Bonchev–Trinajstić information content (AvgIpc) is 3.11. The van der Waals surface area contributed by atoms with Gasteiger partial charge in [0.1, 0.15) is 0 Å². The Morgan fingerprint density at radius 1 is 1.18 bits per heavy atom. The van der Waals surface area contributed by atoms with E-state index in [0.29, 0.717) is 0 Å². The lowest BCUT2D eigenvalue weighted by atomic mass is 9.84. The summed E-state index contributed by atoms with van der Waals surface area (Å²) in [5, 5.41) is 6.24. The molecular formula is C18H26N2OS. The molecule has 0 aromatic heterocycles. The first-order valence-corrected chi connectivity index (χ1v) is 9.66. The number of carbonyl (C=O) groups is 1. The van der Waals surface area contributed by atoms with Crippen molar-refractivity contribution in [2.45, 2.75) is 50.5 Å². The largest absolute Gasteiger partial charge is 0.354 e. The maximum Gasteiger partial charge on any atom is 0.238 e. The lowest BCUT2D eigenvalue weighted by Crippen LogP contribution is -2.42.